The minimum absolute atomic E-state index is 0.0196. The number of carbonyl (C=O) groups is 2. The Morgan fingerprint density at radius 3 is 2.72 bits per heavy atom. The summed E-state index contributed by atoms with van der Waals surface area (Å²) in [5.74, 6) is -0.183. The van der Waals surface area contributed by atoms with E-state index in [1.165, 1.54) is 0 Å². The molecule has 0 aliphatic carbocycles. The third-order valence-corrected chi connectivity index (χ3v) is 4.81. The summed E-state index contributed by atoms with van der Waals surface area (Å²) in [7, 11) is 1.79. The maximum atomic E-state index is 12.8. The lowest BCUT2D eigenvalue weighted by atomic mass is 9.83. The second kappa shape index (κ2) is 7.47. The number of nitrogens with zero attached hydrogens (tertiary/aromatic N) is 2. The van der Waals surface area contributed by atoms with E-state index < -0.39 is 0 Å². The highest BCUT2D eigenvalue weighted by molar-refractivity contribution is 5.84. The highest BCUT2D eigenvalue weighted by Crippen LogP contribution is 2.36. The van der Waals surface area contributed by atoms with Crippen LogP contribution in [0.4, 0.5) is 0 Å². The molecular formula is C20H23N3O2. The van der Waals surface area contributed by atoms with Crippen LogP contribution < -0.4 is 5.32 Å². The van der Waals surface area contributed by atoms with Gasteiger partial charge in [-0.15, -0.1) is 0 Å². The maximum Gasteiger partial charge on any atom is 0.225 e. The SMILES string of the molecule is Cc1ccc([C@H]2[C@@H](C(=O)NCc3cccnc3)CCC(=O)N2C)cc1. The Hall–Kier alpha value is -2.69. The Bertz CT molecular complexity index is 743. The van der Waals surface area contributed by atoms with Crippen molar-refractivity contribution >= 4 is 11.8 Å². The zero-order valence-corrected chi connectivity index (χ0v) is 14.6. The van der Waals surface area contributed by atoms with Crippen molar-refractivity contribution in [3.8, 4) is 0 Å². The lowest BCUT2D eigenvalue weighted by Gasteiger charge is -2.38. The van der Waals surface area contributed by atoms with E-state index in [0.29, 0.717) is 19.4 Å². The summed E-state index contributed by atoms with van der Waals surface area (Å²) < 4.78 is 0. The van der Waals surface area contributed by atoms with Crippen LogP contribution in [-0.4, -0.2) is 28.7 Å². The second-order valence-corrected chi connectivity index (χ2v) is 6.58. The van der Waals surface area contributed by atoms with Gasteiger partial charge in [-0.25, -0.2) is 0 Å². The molecule has 1 aromatic carbocycles. The summed E-state index contributed by atoms with van der Waals surface area (Å²) in [5, 5.41) is 3.00. The van der Waals surface area contributed by atoms with Crippen LogP contribution in [0.5, 0.6) is 0 Å². The standard InChI is InChI=1S/C20H23N3O2/c1-14-5-7-16(8-6-14)19-17(9-10-18(24)23(19)2)20(25)22-13-15-4-3-11-21-12-15/h3-8,11-12,17,19H,9-10,13H2,1-2H3,(H,22,25)/t17-,19-/m0/s1. The number of rotatable bonds is 4. The van der Waals surface area contributed by atoms with E-state index in [9.17, 15) is 9.59 Å². The van der Waals surface area contributed by atoms with Crippen molar-refractivity contribution in [3.05, 3.63) is 65.5 Å². The van der Waals surface area contributed by atoms with Gasteiger partial charge < -0.3 is 10.2 Å². The summed E-state index contributed by atoms with van der Waals surface area (Å²) in [6, 6.07) is 11.6. The number of amides is 2. The number of pyridine rings is 1. The van der Waals surface area contributed by atoms with Crippen molar-refractivity contribution in [2.75, 3.05) is 7.05 Å². The van der Waals surface area contributed by atoms with Crippen LogP contribution in [0.2, 0.25) is 0 Å². The zero-order valence-electron chi connectivity index (χ0n) is 14.6. The molecular weight excluding hydrogens is 314 g/mol. The molecule has 0 saturated carbocycles. The fraction of sp³-hybridized carbons (Fsp3) is 0.350. The highest BCUT2D eigenvalue weighted by Gasteiger charge is 2.38. The number of hydrogen-bond acceptors (Lipinski definition) is 3. The summed E-state index contributed by atoms with van der Waals surface area (Å²) in [6.45, 7) is 2.47. The minimum Gasteiger partial charge on any atom is -0.352 e. The van der Waals surface area contributed by atoms with Crippen molar-refractivity contribution in [2.45, 2.75) is 32.4 Å². The number of piperidine rings is 1. The van der Waals surface area contributed by atoms with E-state index in [1.54, 1.807) is 24.3 Å². The first kappa shape index (κ1) is 17.1. The van der Waals surface area contributed by atoms with E-state index in [4.69, 9.17) is 0 Å². The van der Waals surface area contributed by atoms with Crippen LogP contribution in [-0.2, 0) is 16.1 Å². The number of aromatic nitrogens is 1. The third-order valence-electron chi connectivity index (χ3n) is 4.81. The van der Waals surface area contributed by atoms with Gasteiger partial charge in [-0.3, -0.25) is 14.6 Å². The van der Waals surface area contributed by atoms with Gasteiger partial charge in [0.25, 0.3) is 0 Å². The molecule has 1 aliphatic heterocycles. The quantitative estimate of drug-likeness (QED) is 0.933. The monoisotopic (exact) mass is 337 g/mol. The summed E-state index contributed by atoms with van der Waals surface area (Å²) in [6.07, 6.45) is 4.43. The first-order valence-corrected chi connectivity index (χ1v) is 8.55. The number of likely N-dealkylation sites (tertiary alicyclic amines) is 1. The van der Waals surface area contributed by atoms with Crippen LogP contribution in [0.1, 0.15) is 35.6 Å². The van der Waals surface area contributed by atoms with E-state index in [2.05, 4.69) is 10.3 Å². The molecule has 5 heteroatoms. The maximum absolute atomic E-state index is 12.8. The Morgan fingerprint density at radius 2 is 2.04 bits per heavy atom. The van der Waals surface area contributed by atoms with Gasteiger partial charge in [0.05, 0.1) is 12.0 Å². The average Bonchev–Trinajstić information content (AvgIpc) is 2.63. The molecule has 3 rings (SSSR count). The van der Waals surface area contributed by atoms with Gasteiger partial charge in [0.15, 0.2) is 0 Å². The Balaban J connectivity index is 1.78. The highest BCUT2D eigenvalue weighted by atomic mass is 16.2. The molecule has 0 bridgehead atoms. The van der Waals surface area contributed by atoms with E-state index in [0.717, 1.165) is 16.7 Å². The van der Waals surface area contributed by atoms with E-state index in [1.807, 2.05) is 43.3 Å². The van der Waals surface area contributed by atoms with Gasteiger partial charge in [-0.2, -0.15) is 0 Å². The molecule has 1 N–H and O–H groups in total. The van der Waals surface area contributed by atoms with Gasteiger partial charge in [0, 0.05) is 32.4 Å². The smallest absolute Gasteiger partial charge is 0.225 e. The Labute approximate surface area is 148 Å². The fourth-order valence-electron chi connectivity index (χ4n) is 3.36. The average molecular weight is 337 g/mol. The molecule has 2 heterocycles. The zero-order chi connectivity index (χ0) is 17.8. The van der Waals surface area contributed by atoms with Crippen LogP contribution >= 0.6 is 0 Å². The van der Waals surface area contributed by atoms with Crippen LogP contribution in [0.15, 0.2) is 48.8 Å². The molecule has 0 unspecified atom stereocenters. The number of hydrogen-bond donors (Lipinski definition) is 1. The fourth-order valence-corrected chi connectivity index (χ4v) is 3.36. The summed E-state index contributed by atoms with van der Waals surface area (Å²) in [5.41, 5.74) is 3.12. The lowest BCUT2D eigenvalue weighted by Crippen LogP contribution is -2.46. The van der Waals surface area contributed by atoms with E-state index >= 15 is 0 Å². The van der Waals surface area contributed by atoms with Crippen LogP contribution in [0.3, 0.4) is 0 Å². The Kier molecular flexibility index (Phi) is 5.12. The number of nitrogens with one attached hydrogen (secondary N) is 1. The van der Waals surface area contributed by atoms with Gasteiger partial charge in [-0.1, -0.05) is 35.9 Å². The van der Waals surface area contributed by atoms with Crippen molar-refractivity contribution in [3.63, 3.8) is 0 Å². The first-order chi connectivity index (χ1) is 12.1. The largest absolute Gasteiger partial charge is 0.352 e. The van der Waals surface area contributed by atoms with Crippen molar-refractivity contribution in [2.24, 2.45) is 5.92 Å². The van der Waals surface area contributed by atoms with E-state index in [-0.39, 0.29) is 23.8 Å². The van der Waals surface area contributed by atoms with Crippen molar-refractivity contribution in [1.29, 1.82) is 0 Å². The molecule has 1 aromatic heterocycles. The third kappa shape index (κ3) is 3.87. The topological polar surface area (TPSA) is 62.3 Å². The van der Waals surface area contributed by atoms with Gasteiger partial charge in [-0.05, 0) is 30.5 Å². The molecule has 1 fully saturated rings. The minimum atomic E-state index is -0.248. The van der Waals surface area contributed by atoms with Gasteiger partial charge in [0.2, 0.25) is 11.8 Å². The normalized spacial score (nSPS) is 20.4. The van der Waals surface area contributed by atoms with Gasteiger partial charge >= 0.3 is 0 Å². The van der Waals surface area contributed by atoms with Crippen LogP contribution in [0.25, 0.3) is 0 Å². The number of benzene rings is 1. The number of aryl methyl sites for hydroxylation is 1. The van der Waals surface area contributed by atoms with Gasteiger partial charge in [0.1, 0.15) is 0 Å². The van der Waals surface area contributed by atoms with Crippen molar-refractivity contribution in [1.82, 2.24) is 15.2 Å². The van der Waals surface area contributed by atoms with Crippen molar-refractivity contribution < 1.29 is 9.59 Å². The molecule has 5 nitrogen and oxygen atoms in total. The molecule has 2 aromatic rings. The molecule has 25 heavy (non-hydrogen) atoms. The molecule has 0 radical (unpaired) electrons. The molecule has 0 spiro atoms. The lowest BCUT2D eigenvalue weighted by molar-refractivity contribution is -0.141. The summed E-state index contributed by atoms with van der Waals surface area (Å²) in [4.78, 5) is 30.8. The molecule has 130 valence electrons. The predicted octanol–water partition coefficient (Wildman–Crippen LogP) is 2.62. The molecule has 1 aliphatic rings. The Morgan fingerprint density at radius 1 is 1.28 bits per heavy atom. The number of carbonyl (C=O) groups excluding carboxylic acids is 2. The summed E-state index contributed by atoms with van der Waals surface area (Å²) >= 11 is 0. The predicted molar refractivity (Wildman–Crippen MR) is 95.5 cm³/mol. The molecule has 1 saturated heterocycles. The van der Waals surface area contributed by atoms with Crippen LogP contribution in [0, 0.1) is 12.8 Å². The molecule has 2 amide bonds. The first-order valence-electron chi connectivity index (χ1n) is 8.55. The molecule has 2 atom stereocenters. The second-order valence-electron chi connectivity index (χ2n) is 6.58.